The Morgan fingerprint density at radius 1 is 0.490 bits per heavy atom. The number of benzene rings is 4. The van der Waals surface area contributed by atoms with E-state index in [9.17, 15) is 4.79 Å². The van der Waals surface area contributed by atoms with Crippen molar-refractivity contribution in [3.63, 3.8) is 0 Å². The molecule has 0 bridgehead atoms. The number of carbonyl (C=O) groups excluding carboxylic acids is 1. The predicted molar refractivity (Wildman–Crippen MR) is 203 cm³/mol. The monoisotopic (exact) mass is 660 g/mol. The molecule has 0 amide bonds. The first-order valence-electron chi connectivity index (χ1n) is 17.4. The Labute approximate surface area is 295 Å². The van der Waals surface area contributed by atoms with E-state index < -0.39 is 11.4 Å². The van der Waals surface area contributed by atoms with Crippen LogP contribution >= 0.6 is 0 Å². The Bertz CT molecular complexity index is 1530. The Balaban J connectivity index is 1.76. The number of ether oxygens (including phenoxy) is 3. The van der Waals surface area contributed by atoms with E-state index >= 15 is 0 Å². The number of esters is 1. The van der Waals surface area contributed by atoms with Crippen molar-refractivity contribution in [3.05, 3.63) is 148 Å². The van der Waals surface area contributed by atoms with Gasteiger partial charge in [0, 0.05) is 5.57 Å². The second kappa shape index (κ2) is 15.2. The van der Waals surface area contributed by atoms with Crippen LogP contribution in [0.3, 0.4) is 0 Å². The summed E-state index contributed by atoms with van der Waals surface area (Å²) in [5, 5.41) is 0. The summed E-state index contributed by atoms with van der Waals surface area (Å²) in [6.45, 7) is 26.8. The van der Waals surface area contributed by atoms with E-state index in [1.165, 1.54) is 33.4 Å². The quantitative estimate of drug-likeness (QED) is 0.0657. The maximum atomic E-state index is 11.5. The highest BCUT2D eigenvalue weighted by molar-refractivity contribution is 5.86. The first-order chi connectivity index (χ1) is 22.9. The van der Waals surface area contributed by atoms with Crippen molar-refractivity contribution in [1.29, 1.82) is 0 Å². The van der Waals surface area contributed by atoms with Crippen LogP contribution in [0.2, 0.25) is 0 Å². The molecule has 0 aliphatic heterocycles. The summed E-state index contributed by atoms with van der Waals surface area (Å²) in [6.07, 6.45) is 0. The molecule has 0 saturated heterocycles. The highest BCUT2D eigenvalue weighted by atomic mass is 16.6. The lowest BCUT2D eigenvalue weighted by Crippen LogP contribution is -2.31. The summed E-state index contributed by atoms with van der Waals surface area (Å²) in [5.41, 5.74) is 8.62. The molecule has 0 saturated carbocycles. The van der Waals surface area contributed by atoms with Gasteiger partial charge in [0.05, 0.1) is 18.6 Å². The third-order valence-corrected chi connectivity index (χ3v) is 9.14. The van der Waals surface area contributed by atoms with Gasteiger partial charge in [-0.15, -0.1) is 0 Å². The third-order valence-electron chi connectivity index (χ3n) is 9.14. The van der Waals surface area contributed by atoms with Crippen LogP contribution in [-0.2, 0) is 35.9 Å². The van der Waals surface area contributed by atoms with E-state index in [2.05, 4.69) is 166 Å². The van der Waals surface area contributed by atoms with E-state index in [1.807, 2.05) is 0 Å². The second-order valence-corrected chi connectivity index (χ2v) is 16.1. The Hall–Kier alpha value is -4.15. The maximum absolute atomic E-state index is 11.5. The molecule has 4 aromatic carbocycles. The fraction of sp³-hybridized carbons (Fsp3) is 0.400. The molecule has 0 aliphatic carbocycles. The maximum Gasteiger partial charge on any atom is 0.333 e. The molecule has 0 fully saturated rings. The minimum absolute atomic E-state index is 0.0433. The Morgan fingerprint density at radius 3 is 1.12 bits per heavy atom. The highest BCUT2D eigenvalue weighted by Crippen LogP contribution is 2.47. The molecule has 0 heterocycles. The molecular formula is C45H56O4. The molecule has 0 N–H and O–H groups in total. The third kappa shape index (κ3) is 9.10. The lowest BCUT2D eigenvalue weighted by Gasteiger charge is -2.38. The van der Waals surface area contributed by atoms with Crippen LogP contribution < -0.4 is 4.74 Å². The second-order valence-electron chi connectivity index (χ2n) is 16.1. The van der Waals surface area contributed by atoms with Gasteiger partial charge in [-0.1, -0.05) is 154 Å². The largest absolute Gasteiger partial charge is 0.491 e. The first kappa shape index (κ1) is 37.7. The summed E-state index contributed by atoms with van der Waals surface area (Å²) in [7, 11) is 0. The van der Waals surface area contributed by atoms with Crippen molar-refractivity contribution >= 4 is 5.97 Å². The summed E-state index contributed by atoms with van der Waals surface area (Å²) in [6, 6.07) is 36.1. The Morgan fingerprint density at radius 2 is 0.796 bits per heavy atom. The summed E-state index contributed by atoms with van der Waals surface area (Å²) in [5.74, 6) is 0.362. The molecule has 0 spiro atoms. The SMILES string of the molecule is C=C(C)C(=O)OCCOCCOc1ccc(C(c2ccc(C(C)(C)C)cc2)(c2ccc(C(C)(C)C)cc2)c2ccc(C(C)(C)C)cc2)cc1. The highest BCUT2D eigenvalue weighted by Gasteiger charge is 2.39. The van der Waals surface area contributed by atoms with Gasteiger partial charge in [-0.2, -0.15) is 0 Å². The van der Waals surface area contributed by atoms with E-state index in [1.54, 1.807) is 6.92 Å². The van der Waals surface area contributed by atoms with E-state index in [-0.39, 0.29) is 22.9 Å². The minimum atomic E-state index is -0.577. The molecule has 0 unspecified atom stereocenters. The van der Waals surface area contributed by atoms with E-state index in [0.29, 0.717) is 25.4 Å². The fourth-order valence-electron chi connectivity index (χ4n) is 6.10. The summed E-state index contributed by atoms with van der Waals surface area (Å²) >= 11 is 0. The van der Waals surface area contributed by atoms with Crippen molar-refractivity contribution in [2.45, 2.75) is 90.9 Å². The van der Waals surface area contributed by atoms with Crippen LogP contribution in [0.25, 0.3) is 0 Å². The standard InChI is InChI=1S/C45H56O4/c1-32(2)41(46)49-31-29-47-28-30-48-40-26-24-39(25-27-40)45(36-18-12-33(13-19-36)42(3,4)5,37-20-14-34(15-21-37)43(6,7)8)38-22-16-35(17-23-38)44(9,10)11/h12-27H,1,28-31H2,2-11H3. The smallest absolute Gasteiger partial charge is 0.333 e. The molecular weight excluding hydrogens is 604 g/mol. The molecule has 260 valence electrons. The van der Waals surface area contributed by atoms with Crippen LogP contribution in [0.5, 0.6) is 5.75 Å². The van der Waals surface area contributed by atoms with Gasteiger partial charge < -0.3 is 14.2 Å². The molecule has 4 nitrogen and oxygen atoms in total. The summed E-state index contributed by atoms with van der Waals surface area (Å²) < 4.78 is 16.8. The van der Waals surface area contributed by atoms with Crippen LogP contribution in [0, 0.1) is 0 Å². The predicted octanol–water partition coefficient (Wildman–Crippen LogP) is 10.5. The van der Waals surface area contributed by atoms with Gasteiger partial charge in [0.25, 0.3) is 0 Å². The van der Waals surface area contributed by atoms with E-state index in [4.69, 9.17) is 14.2 Å². The van der Waals surface area contributed by atoms with Crippen molar-refractivity contribution < 1.29 is 19.0 Å². The lowest BCUT2D eigenvalue weighted by atomic mass is 9.64. The van der Waals surface area contributed by atoms with Gasteiger partial charge in [0.1, 0.15) is 19.0 Å². The lowest BCUT2D eigenvalue weighted by molar-refractivity contribution is -0.140. The number of hydrogen-bond acceptors (Lipinski definition) is 4. The van der Waals surface area contributed by atoms with Crippen LogP contribution in [-0.4, -0.2) is 32.4 Å². The molecule has 4 aromatic rings. The van der Waals surface area contributed by atoms with Gasteiger partial charge in [-0.05, 0) is 74.2 Å². The molecule has 4 rings (SSSR count). The van der Waals surface area contributed by atoms with Crippen molar-refractivity contribution in [3.8, 4) is 5.75 Å². The van der Waals surface area contributed by atoms with Crippen molar-refractivity contribution in [1.82, 2.24) is 0 Å². The molecule has 0 atom stereocenters. The molecule has 0 aromatic heterocycles. The van der Waals surface area contributed by atoms with Crippen molar-refractivity contribution in [2.75, 3.05) is 26.4 Å². The zero-order chi connectivity index (χ0) is 36.0. The van der Waals surface area contributed by atoms with Gasteiger partial charge in [-0.25, -0.2) is 4.79 Å². The normalized spacial score (nSPS) is 12.4. The number of carbonyl (C=O) groups is 1. The summed E-state index contributed by atoms with van der Waals surface area (Å²) in [4.78, 5) is 11.5. The van der Waals surface area contributed by atoms with Crippen LogP contribution in [0.4, 0.5) is 0 Å². The van der Waals surface area contributed by atoms with Crippen molar-refractivity contribution in [2.24, 2.45) is 0 Å². The Kier molecular flexibility index (Phi) is 11.7. The fourth-order valence-corrected chi connectivity index (χ4v) is 6.10. The minimum Gasteiger partial charge on any atom is -0.491 e. The zero-order valence-corrected chi connectivity index (χ0v) is 31.4. The number of hydrogen-bond donors (Lipinski definition) is 0. The van der Waals surface area contributed by atoms with Gasteiger partial charge in [0.15, 0.2) is 0 Å². The van der Waals surface area contributed by atoms with Gasteiger partial charge in [0.2, 0.25) is 0 Å². The van der Waals surface area contributed by atoms with Gasteiger partial charge >= 0.3 is 5.97 Å². The topological polar surface area (TPSA) is 44.8 Å². The average Bonchev–Trinajstić information content (AvgIpc) is 3.04. The molecule has 4 heteroatoms. The zero-order valence-electron chi connectivity index (χ0n) is 31.4. The average molecular weight is 661 g/mol. The van der Waals surface area contributed by atoms with Crippen LogP contribution in [0.1, 0.15) is 108 Å². The van der Waals surface area contributed by atoms with E-state index in [0.717, 1.165) is 11.3 Å². The molecule has 0 aliphatic rings. The molecule has 0 radical (unpaired) electrons. The van der Waals surface area contributed by atoms with Gasteiger partial charge in [-0.3, -0.25) is 0 Å². The van der Waals surface area contributed by atoms with Crippen LogP contribution in [0.15, 0.2) is 109 Å². The molecule has 49 heavy (non-hydrogen) atoms. The first-order valence-corrected chi connectivity index (χ1v) is 17.4. The number of rotatable bonds is 12.